The summed E-state index contributed by atoms with van der Waals surface area (Å²) in [5.74, 6) is 0.160. The monoisotopic (exact) mass is 373 g/mol. The third-order valence-electron chi connectivity index (χ3n) is 5.60. The molecule has 1 N–H and O–H groups in total. The summed E-state index contributed by atoms with van der Waals surface area (Å²) in [6.07, 6.45) is 3.27. The van der Waals surface area contributed by atoms with E-state index < -0.39 is 0 Å². The van der Waals surface area contributed by atoms with Crippen LogP contribution >= 0.6 is 0 Å². The zero-order valence-corrected chi connectivity index (χ0v) is 15.7. The summed E-state index contributed by atoms with van der Waals surface area (Å²) in [6.45, 7) is 1.18. The Morgan fingerprint density at radius 3 is 2.21 bits per heavy atom. The minimum atomic E-state index is -0.224. The molecule has 0 atom stereocenters. The Bertz CT molecular complexity index is 959. The third kappa shape index (κ3) is 3.60. The first-order chi connectivity index (χ1) is 13.7. The van der Waals surface area contributed by atoms with Crippen LogP contribution in [0, 0.1) is 0 Å². The maximum Gasteiger partial charge on any atom is 0.250 e. The van der Waals surface area contributed by atoms with Gasteiger partial charge in [0.2, 0.25) is 5.91 Å². The highest BCUT2D eigenvalue weighted by atomic mass is 16.2. The first-order valence-corrected chi connectivity index (χ1v) is 9.60. The van der Waals surface area contributed by atoms with Crippen LogP contribution < -0.4 is 5.56 Å². The molecule has 5 nitrogen and oxygen atoms in total. The van der Waals surface area contributed by atoms with Gasteiger partial charge in [-0.3, -0.25) is 9.59 Å². The lowest BCUT2D eigenvalue weighted by atomic mass is 9.69. The Kier molecular flexibility index (Phi) is 5.06. The fourth-order valence-corrected chi connectivity index (χ4v) is 4.12. The summed E-state index contributed by atoms with van der Waals surface area (Å²) in [5, 5.41) is 0. The Hall–Kier alpha value is -3.21. The van der Waals surface area contributed by atoms with Gasteiger partial charge in [0.1, 0.15) is 0 Å². The van der Waals surface area contributed by atoms with Gasteiger partial charge in [-0.2, -0.15) is 0 Å². The van der Waals surface area contributed by atoms with Crippen LogP contribution in [0.25, 0.3) is 0 Å². The van der Waals surface area contributed by atoms with Crippen LogP contribution in [0.4, 0.5) is 0 Å². The maximum absolute atomic E-state index is 12.7. The number of aromatic amines is 1. The Morgan fingerprint density at radius 2 is 1.61 bits per heavy atom. The number of benzene rings is 2. The van der Waals surface area contributed by atoms with Crippen molar-refractivity contribution in [3.05, 3.63) is 100 Å². The highest BCUT2D eigenvalue weighted by molar-refractivity contribution is 5.78. The lowest BCUT2D eigenvalue weighted by molar-refractivity contribution is -0.134. The van der Waals surface area contributed by atoms with E-state index in [9.17, 15) is 9.59 Å². The minimum Gasteiger partial charge on any atom is -0.341 e. The standard InChI is InChI=1S/C23H23N3O2/c27-21-15-20(24-17-25-21)12-14-26-16-23(13-11-22(26)28,18-7-3-1-4-8-18)19-9-5-2-6-10-19/h1-10,15,17H,11-14,16H2,(H,24,25,27). The predicted octanol–water partition coefficient (Wildman–Crippen LogP) is 2.92. The van der Waals surface area contributed by atoms with Crippen LogP contribution in [0.5, 0.6) is 0 Å². The number of aromatic nitrogens is 2. The van der Waals surface area contributed by atoms with Crippen LogP contribution in [-0.4, -0.2) is 33.9 Å². The van der Waals surface area contributed by atoms with E-state index >= 15 is 0 Å². The second-order valence-corrected chi connectivity index (χ2v) is 7.28. The Morgan fingerprint density at radius 1 is 0.964 bits per heavy atom. The molecular formula is C23H23N3O2. The van der Waals surface area contributed by atoms with Gasteiger partial charge >= 0.3 is 0 Å². The fourth-order valence-electron chi connectivity index (χ4n) is 4.12. The van der Waals surface area contributed by atoms with E-state index in [4.69, 9.17) is 0 Å². The maximum atomic E-state index is 12.7. The lowest BCUT2D eigenvalue weighted by Crippen LogP contribution is -2.50. The molecule has 0 aliphatic carbocycles. The van der Waals surface area contributed by atoms with Crippen LogP contribution in [0.15, 0.2) is 77.9 Å². The number of rotatable bonds is 5. The number of likely N-dealkylation sites (tertiary alicyclic amines) is 1. The normalized spacial score (nSPS) is 16.1. The number of H-pyrrole nitrogens is 1. The van der Waals surface area contributed by atoms with Crippen molar-refractivity contribution < 1.29 is 4.79 Å². The smallest absolute Gasteiger partial charge is 0.250 e. The van der Waals surface area contributed by atoms with Gasteiger partial charge in [-0.25, -0.2) is 4.98 Å². The van der Waals surface area contributed by atoms with E-state index in [-0.39, 0.29) is 16.9 Å². The van der Waals surface area contributed by atoms with Crippen molar-refractivity contribution in [3.8, 4) is 0 Å². The number of carbonyl (C=O) groups excluding carboxylic acids is 1. The second-order valence-electron chi connectivity index (χ2n) is 7.28. The van der Waals surface area contributed by atoms with Crippen LogP contribution in [0.2, 0.25) is 0 Å². The number of amides is 1. The summed E-state index contributed by atoms with van der Waals surface area (Å²) in [7, 11) is 0. The van der Waals surface area contributed by atoms with E-state index in [1.165, 1.54) is 23.5 Å². The fraction of sp³-hybridized carbons (Fsp3) is 0.261. The van der Waals surface area contributed by atoms with E-state index in [1.54, 1.807) is 0 Å². The molecule has 0 bridgehead atoms. The summed E-state index contributed by atoms with van der Waals surface area (Å²) in [6, 6.07) is 22.4. The minimum absolute atomic E-state index is 0.160. The Labute approximate surface area is 164 Å². The molecule has 2 aromatic carbocycles. The number of nitrogens with one attached hydrogen (secondary N) is 1. The first-order valence-electron chi connectivity index (χ1n) is 9.60. The molecule has 1 aliphatic heterocycles. The largest absolute Gasteiger partial charge is 0.341 e. The molecular weight excluding hydrogens is 350 g/mol. The summed E-state index contributed by atoms with van der Waals surface area (Å²) in [4.78, 5) is 32.8. The summed E-state index contributed by atoms with van der Waals surface area (Å²) in [5.41, 5.74) is 2.77. The van der Waals surface area contributed by atoms with Crippen molar-refractivity contribution in [2.24, 2.45) is 0 Å². The zero-order chi connectivity index (χ0) is 19.4. The predicted molar refractivity (Wildman–Crippen MR) is 108 cm³/mol. The number of piperidine rings is 1. The van der Waals surface area contributed by atoms with Crippen LogP contribution in [0.3, 0.4) is 0 Å². The number of hydrogen-bond donors (Lipinski definition) is 1. The molecule has 142 valence electrons. The highest BCUT2D eigenvalue weighted by Crippen LogP contribution is 2.40. The van der Waals surface area contributed by atoms with Crippen LogP contribution in [-0.2, 0) is 16.6 Å². The quantitative estimate of drug-likeness (QED) is 0.748. The average Bonchev–Trinajstić information content (AvgIpc) is 2.75. The molecule has 0 saturated carbocycles. The molecule has 5 heteroatoms. The average molecular weight is 373 g/mol. The molecule has 2 heterocycles. The van der Waals surface area contributed by atoms with Crippen LogP contribution in [0.1, 0.15) is 29.7 Å². The number of hydrogen-bond acceptors (Lipinski definition) is 3. The highest BCUT2D eigenvalue weighted by Gasteiger charge is 2.41. The van der Waals surface area contributed by atoms with E-state index in [0.29, 0.717) is 31.6 Å². The van der Waals surface area contributed by atoms with Gasteiger partial charge in [-0.15, -0.1) is 0 Å². The van der Waals surface area contributed by atoms with Gasteiger partial charge in [0, 0.05) is 43.1 Å². The summed E-state index contributed by atoms with van der Waals surface area (Å²) >= 11 is 0. The van der Waals surface area contributed by atoms with E-state index in [0.717, 1.165) is 6.42 Å². The SMILES string of the molecule is O=C1CCC(c2ccccc2)(c2ccccc2)CN1CCc1cc(=O)[nH]cn1. The number of carbonyl (C=O) groups is 1. The molecule has 1 aromatic heterocycles. The molecule has 1 fully saturated rings. The van der Waals surface area contributed by atoms with Gasteiger partial charge in [0.05, 0.1) is 6.33 Å². The van der Waals surface area contributed by atoms with Crippen molar-refractivity contribution in [2.45, 2.75) is 24.7 Å². The van der Waals surface area contributed by atoms with E-state index in [2.05, 4.69) is 58.5 Å². The van der Waals surface area contributed by atoms with Crippen molar-refractivity contribution in [2.75, 3.05) is 13.1 Å². The Balaban J connectivity index is 1.64. The molecule has 3 aromatic rings. The van der Waals surface area contributed by atoms with Crippen molar-refractivity contribution in [3.63, 3.8) is 0 Å². The topological polar surface area (TPSA) is 66.1 Å². The molecule has 4 rings (SSSR count). The molecule has 0 radical (unpaired) electrons. The van der Waals surface area contributed by atoms with Crippen molar-refractivity contribution >= 4 is 5.91 Å². The van der Waals surface area contributed by atoms with Gasteiger partial charge < -0.3 is 9.88 Å². The van der Waals surface area contributed by atoms with Crippen molar-refractivity contribution in [1.82, 2.24) is 14.9 Å². The molecule has 0 spiro atoms. The molecule has 1 aliphatic rings. The van der Waals surface area contributed by atoms with Gasteiger partial charge in [0.25, 0.3) is 5.56 Å². The lowest BCUT2D eigenvalue weighted by Gasteiger charge is -2.43. The molecule has 1 amide bonds. The van der Waals surface area contributed by atoms with E-state index in [1.807, 2.05) is 17.0 Å². The van der Waals surface area contributed by atoms with Gasteiger partial charge in [-0.05, 0) is 17.5 Å². The zero-order valence-electron chi connectivity index (χ0n) is 15.7. The first kappa shape index (κ1) is 18.2. The molecule has 28 heavy (non-hydrogen) atoms. The number of nitrogens with zero attached hydrogens (tertiary/aromatic N) is 2. The molecule has 0 unspecified atom stereocenters. The van der Waals surface area contributed by atoms with Gasteiger partial charge in [0.15, 0.2) is 0 Å². The van der Waals surface area contributed by atoms with Crippen molar-refractivity contribution in [1.29, 1.82) is 0 Å². The van der Waals surface area contributed by atoms with Gasteiger partial charge in [-0.1, -0.05) is 60.7 Å². The summed E-state index contributed by atoms with van der Waals surface area (Å²) < 4.78 is 0. The second kappa shape index (κ2) is 7.80. The third-order valence-corrected chi connectivity index (χ3v) is 5.60. The molecule has 1 saturated heterocycles.